The van der Waals surface area contributed by atoms with E-state index in [1.54, 1.807) is 0 Å². The Bertz CT molecular complexity index is 426. The third-order valence-corrected chi connectivity index (χ3v) is 2.66. The highest BCUT2D eigenvalue weighted by Crippen LogP contribution is 2.26. The Morgan fingerprint density at radius 2 is 1.50 bits per heavy atom. The van der Waals surface area contributed by atoms with Crippen LogP contribution in [0.25, 0.3) is 0 Å². The summed E-state index contributed by atoms with van der Waals surface area (Å²) in [6, 6.07) is 0. The second-order valence-corrected chi connectivity index (χ2v) is 3.80. The Hall–Kier alpha value is -0.740. The minimum absolute atomic E-state index is 0.123. The van der Waals surface area contributed by atoms with Crippen LogP contribution in [0.3, 0.4) is 0 Å². The van der Waals surface area contributed by atoms with Gasteiger partial charge in [0.15, 0.2) is 23.3 Å². The summed E-state index contributed by atoms with van der Waals surface area (Å²) in [5, 5.41) is -0.123. The molecule has 88 valence electrons. The summed E-state index contributed by atoms with van der Waals surface area (Å²) >= 11 is 10.6. The second kappa shape index (κ2) is 5.06. The molecule has 0 saturated carbocycles. The first-order valence-corrected chi connectivity index (χ1v) is 4.97. The number of benzene rings is 1. The lowest BCUT2D eigenvalue weighted by atomic mass is 10.1. The molecule has 0 spiro atoms. The second-order valence-electron chi connectivity index (χ2n) is 3.09. The number of hydrogen-bond acceptors (Lipinski definition) is 0. The van der Waals surface area contributed by atoms with Gasteiger partial charge in [0.25, 0.3) is 0 Å². The maximum atomic E-state index is 13.3. The molecule has 0 fully saturated rings. The SMILES string of the molecule is Cc1c(F)c(F)c(C/C(Cl)=C\Cl)c(F)c1F. The monoisotopic (exact) mass is 272 g/mol. The molecule has 1 rings (SSSR count). The summed E-state index contributed by atoms with van der Waals surface area (Å²) in [6.45, 7) is 0.944. The van der Waals surface area contributed by atoms with Crippen LogP contribution in [0.2, 0.25) is 0 Å². The Labute approximate surface area is 99.5 Å². The summed E-state index contributed by atoms with van der Waals surface area (Å²) in [7, 11) is 0. The van der Waals surface area contributed by atoms with E-state index in [0.717, 1.165) is 12.5 Å². The standard InChI is InChI=1S/C10H6Cl2F4/c1-4-7(13)9(15)6(2-5(12)3-11)10(16)8(4)14/h3H,2H2,1H3/b5-3+. The summed E-state index contributed by atoms with van der Waals surface area (Å²) in [5.74, 6) is -5.75. The molecule has 0 aliphatic carbocycles. The molecule has 0 radical (unpaired) electrons. The van der Waals surface area contributed by atoms with E-state index in [2.05, 4.69) is 0 Å². The molecule has 1 aromatic rings. The van der Waals surface area contributed by atoms with Crippen LogP contribution < -0.4 is 0 Å². The highest BCUT2D eigenvalue weighted by molar-refractivity contribution is 6.36. The number of rotatable bonds is 2. The van der Waals surface area contributed by atoms with Crippen molar-refractivity contribution < 1.29 is 17.6 Å². The van der Waals surface area contributed by atoms with Crippen molar-refractivity contribution in [2.45, 2.75) is 13.3 Å². The van der Waals surface area contributed by atoms with E-state index in [1.165, 1.54) is 0 Å². The highest BCUT2D eigenvalue weighted by Gasteiger charge is 2.23. The van der Waals surface area contributed by atoms with Gasteiger partial charge in [0.2, 0.25) is 0 Å². The smallest absolute Gasteiger partial charge is 0.165 e. The van der Waals surface area contributed by atoms with Crippen LogP contribution in [-0.4, -0.2) is 0 Å². The normalized spacial score (nSPS) is 12.1. The van der Waals surface area contributed by atoms with Gasteiger partial charge in [-0.15, -0.1) is 0 Å². The van der Waals surface area contributed by atoms with Gasteiger partial charge in [-0.3, -0.25) is 0 Å². The van der Waals surface area contributed by atoms with E-state index in [4.69, 9.17) is 23.2 Å². The fourth-order valence-corrected chi connectivity index (χ4v) is 1.36. The fraction of sp³-hybridized carbons (Fsp3) is 0.200. The quantitative estimate of drug-likeness (QED) is 0.553. The largest absolute Gasteiger partial charge is 0.203 e. The number of halogens is 6. The van der Waals surface area contributed by atoms with E-state index in [1.807, 2.05) is 0 Å². The molecule has 0 N–H and O–H groups in total. The summed E-state index contributed by atoms with van der Waals surface area (Å²) in [5.41, 5.74) is -0.608. The van der Waals surface area contributed by atoms with E-state index < -0.39 is 40.8 Å². The Kier molecular flexibility index (Phi) is 4.21. The first-order valence-electron chi connectivity index (χ1n) is 4.16. The molecule has 1 aromatic carbocycles. The van der Waals surface area contributed by atoms with Gasteiger partial charge in [0.05, 0.1) is 0 Å². The topological polar surface area (TPSA) is 0 Å². The molecule has 16 heavy (non-hydrogen) atoms. The highest BCUT2D eigenvalue weighted by atomic mass is 35.5. The van der Waals surface area contributed by atoms with Crippen molar-refractivity contribution in [1.82, 2.24) is 0 Å². The predicted octanol–water partition coefficient (Wildman–Crippen LogP) is 4.41. The molecule has 0 unspecified atom stereocenters. The summed E-state index contributed by atoms with van der Waals surface area (Å²) < 4.78 is 52.8. The molecule has 0 aliphatic heterocycles. The predicted molar refractivity (Wildman–Crippen MR) is 54.5 cm³/mol. The Morgan fingerprint density at radius 3 is 1.88 bits per heavy atom. The van der Waals surface area contributed by atoms with Gasteiger partial charge in [-0.25, -0.2) is 17.6 Å². The van der Waals surface area contributed by atoms with Crippen LogP contribution in [0.4, 0.5) is 17.6 Å². The summed E-state index contributed by atoms with van der Waals surface area (Å²) in [6.07, 6.45) is -0.503. The lowest BCUT2D eigenvalue weighted by Gasteiger charge is -2.08. The third kappa shape index (κ3) is 2.33. The lowest BCUT2D eigenvalue weighted by molar-refractivity contribution is 0.433. The average Bonchev–Trinajstić information content (AvgIpc) is 2.29. The zero-order valence-corrected chi connectivity index (χ0v) is 9.56. The van der Waals surface area contributed by atoms with Crippen LogP contribution in [-0.2, 0) is 6.42 Å². The Balaban J connectivity index is 3.40. The van der Waals surface area contributed by atoms with Crippen molar-refractivity contribution in [3.05, 3.63) is 45.0 Å². The van der Waals surface area contributed by atoms with Gasteiger partial charge in [0.1, 0.15) is 0 Å². The maximum absolute atomic E-state index is 13.3. The number of allylic oxidation sites excluding steroid dienone is 1. The molecular weight excluding hydrogens is 267 g/mol. The van der Waals surface area contributed by atoms with Crippen molar-refractivity contribution in [2.24, 2.45) is 0 Å². The van der Waals surface area contributed by atoms with Crippen molar-refractivity contribution in [3.8, 4) is 0 Å². The van der Waals surface area contributed by atoms with Crippen molar-refractivity contribution in [2.75, 3.05) is 0 Å². The van der Waals surface area contributed by atoms with E-state index in [-0.39, 0.29) is 5.03 Å². The van der Waals surface area contributed by atoms with Gasteiger partial charge in [-0.2, -0.15) is 0 Å². The third-order valence-electron chi connectivity index (χ3n) is 2.04. The van der Waals surface area contributed by atoms with Gasteiger partial charge < -0.3 is 0 Å². The first-order chi connectivity index (χ1) is 7.40. The molecule has 0 saturated heterocycles. The minimum atomic E-state index is -1.45. The molecule has 0 bridgehead atoms. The molecule has 0 atom stereocenters. The molecule has 6 heteroatoms. The van der Waals surface area contributed by atoms with Crippen LogP contribution in [0, 0.1) is 30.2 Å². The van der Waals surface area contributed by atoms with E-state index in [9.17, 15) is 17.6 Å². The molecule has 0 aliphatic rings. The van der Waals surface area contributed by atoms with Crippen molar-refractivity contribution >= 4 is 23.2 Å². The van der Waals surface area contributed by atoms with E-state index in [0.29, 0.717) is 0 Å². The van der Waals surface area contributed by atoms with E-state index >= 15 is 0 Å². The van der Waals surface area contributed by atoms with Crippen LogP contribution >= 0.6 is 23.2 Å². The van der Waals surface area contributed by atoms with Gasteiger partial charge in [-0.05, 0) is 6.92 Å². The van der Waals surface area contributed by atoms with Crippen molar-refractivity contribution in [1.29, 1.82) is 0 Å². The van der Waals surface area contributed by atoms with Gasteiger partial charge >= 0.3 is 0 Å². The fourth-order valence-electron chi connectivity index (χ4n) is 1.15. The molecule has 0 amide bonds. The van der Waals surface area contributed by atoms with Crippen LogP contribution in [0.15, 0.2) is 10.6 Å². The average molecular weight is 273 g/mol. The zero-order valence-electron chi connectivity index (χ0n) is 8.05. The molecule has 0 aromatic heterocycles. The molecule has 0 heterocycles. The van der Waals surface area contributed by atoms with Crippen LogP contribution in [0.1, 0.15) is 11.1 Å². The summed E-state index contributed by atoms with van der Waals surface area (Å²) in [4.78, 5) is 0. The zero-order chi connectivity index (χ0) is 12.5. The molecule has 0 nitrogen and oxygen atoms in total. The maximum Gasteiger partial charge on any atom is 0.165 e. The first kappa shape index (κ1) is 13.3. The Morgan fingerprint density at radius 1 is 1.06 bits per heavy atom. The lowest BCUT2D eigenvalue weighted by Crippen LogP contribution is -2.06. The van der Waals surface area contributed by atoms with Gasteiger partial charge in [-0.1, -0.05) is 23.2 Å². The van der Waals surface area contributed by atoms with Gasteiger partial charge in [0, 0.05) is 28.1 Å². The minimum Gasteiger partial charge on any atom is -0.203 e. The number of hydrogen-bond donors (Lipinski definition) is 0. The van der Waals surface area contributed by atoms with Crippen molar-refractivity contribution in [3.63, 3.8) is 0 Å². The van der Waals surface area contributed by atoms with Crippen LogP contribution in [0.5, 0.6) is 0 Å². The molecular formula is C10H6Cl2F4.